The summed E-state index contributed by atoms with van der Waals surface area (Å²) >= 11 is 0. The lowest BCUT2D eigenvalue weighted by molar-refractivity contribution is -0.116. The number of nitrogens with zero attached hydrogens (tertiary/aromatic N) is 1. The highest BCUT2D eigenvalue weighted by Crippen LogP contribution is 2.31. The van der Waals surface area contributed by atoms with Crippen LogP contribution in [0.1, 0.15) is 42.2 Å². The van der Waals surface area contributed by atoms with Crippen LogP contribution in [-0.2, 0) is 14.8 Å². The van der Waals surface area contributed by atoms with Gasteiger partial charge in [0.05, 0.1) is 5.56 Å². The van der Waals surface area contributed by atoms with Crippen molar-refractivity contribution in [2.45, 2.75) is 4.90 Å². The summed E-state index contributed by atoms with van der Waals surface area (Å²) < 4.78 is 25.7. The van der Waals surface area contributed by atoms with Crippen LogP contribution in [0.5, 0.6) is 0 Å². The summed E-state index contributed by atoms with van der Waals surface area (Å²) in [7, 11) is -4.12. The maximum absolute atomic E-state index is 12.8. The fraction of sp³-hybridized carbons (Fsp3) is 0.0435. The predicted octanol–water partition coefficient (Wildman–Crippen LogP) is 2.25. The van der Waals surface area contributed by atoms with E-state index in [0.717, 1.165) is 0 Å². The molecule has 0 saturated carbocycles. The highest BCUT2D eigenvalue weighted by atomic mass is 32.2. The van der Waals surface area contributed by atoms with Crippen LogP contribution < -0.4 is 5.32 Å². The summed E-state index contributed by atoms with van der Waals surface area (Å²) in [4.78, 5) is 50.4. The molecule has 0 aromatic heterocycles. The average Bonchev–Trinajstić information content (AvgIpc) is 2.98. The standard InChI is InChI=1S/C23H14N2O6S/c26-20(12-25-23(29)17-7-3-4-8-19(17)32(25,30)31)24-13-9-10-16-18(11-13)22(28)15-6-2-1-5-14(15)21(16)27/h1-11H,12H2,(H,24,26). The highest BCUT2D eigenvalue weighted by Gasteiger charge is 2.41. The smallest absolute Gasteiger partial charge is 0.269 e. The molecule has 1 heterocycles. The fourth-order valence-electron chi connectivity index (χ4n) is 3.90. The molecular weight excluding hydrogens is 432 g/mol. The van der Waals surface area contributed by atoms with E-state index in [-0.39, 0.29) is 44.4 Å². The molecular formula is C23H14N2O6S. The number of rotatable bonds is 3. The Bertz CT molecular complexity index is 1480. The van der Waals surface area contributed by atoms with E-state index >= 15 is 0 Å². The molecule has 9 heteroatoms. The molecule has 158 valence electrons. The molecule has 0 saturated heterocycles. The maximum atomic E-state index is 12.8. The summed E-state index contributed by atoms with van der Waals surface area (Å²) in [5.74, 6) is -2.18. The van der Waals surface area contributed by atoms with Crippen molar-refractivity contribution in [1.29, 1.82) is 0 Å². The molecule has 1 aliphatic heterocycles. The lowest BCUT2D eigenvalue weighted by Crippen LogP contribution is -2.37. The van der Waals surface area contributed by atoms with Gasteiger partial charge in [0, 0.05) is 27.9 Å². The predicted molar refractivity (Wildman–Crippen MR) is 113 cm³/mol. The highest BCUT2D eigenvalue weighted by molar-refractivity contribution is 7.90. The van der Waals surface area contributed by atoms with E-state index in [2.05, 4.69) is 5.32 Å². The zero-order chi connectivity index (χ0) is 22.6. The van der Waals surface area contributed by atoms with Gasteiger partial charge in [-0.1, -0.05) is 36.4 Å². The van der Waals surface area contributed by atoms with Crippen LogP contribution in [0.4, 0.5) is 5.69 Å². The molecule has 2 amide bonds. The first-order valence-electron chi connectivity index (χ1n) is 9.57. The van der Waals surface area contributed by atoms with Gasteiger partial charge >= 0.3 is 0 Å². The van der Waals surface area contributed by atoms with Crippen molar-refractivity contribution in [2.24, 2.45) is 0 Å². The number of nitrogens with one attached hydrogen (secondary N) is 1. The normalized spacial score (nSPS) is 15.8. The van der Waals surface area contributed by atoms with Gasteiger partial charge < -0.3 is 5.32 Å². The van der Waals surface area contributed by atoms with E-state index in [9.17, 15) is 27.6 Å². The minimum absolute atomic E-state index is 0.0110. The maximum Gasteiger partial charge on any atom is 0.269 e. The minimum atomic E-state index is -4.12. The average molecular weight is 446 g/mol. The number of sulfonamides is 1. The van der Waals surface area contributed by atoms with Gasteiger partial charge in [-0.25, -0.2) is 12.7 Å². The van der Waals surface area contributed by atoms with Gasteiger partial charge in [0.25, 0.3) is 15.9 Å². The molecule has 32 heavy (non-hydrogen) atoms. The largest absolute Gasteiger partial charge is 0.324 e. The SMILES string of the molecule is O=C(CN1C(=O)c2ccccc2S1(=O)=O)Nc1ccc2c(c1)C(=O)c1ccccc1C2=O. The van der Waals surface area contributed by atoms with Crippen molar-refractivity contribution in [3.63, 3.8) is 0 Å². The molecule has 3 aromatic rings. The number of fused-ring (bicyclic) bond motifs is 3. The number of anilines is 1. The van der Waals surface area contributed by atoms with Crippen molar-refractivity contribution in [3.05, 3.63) is 94.5 Å². The zero-order valence-electron chi connectivity index (χ0n) is 16.4. The molecule has 0 unspecified atom stereocenters. The van der Waals surface area contributed by atoms with Gasteiger partial charge in [0.15, 0.2) is 11.6 Å². The van der Waals surface area contributed by atoms with Crippen LogP contribution in [0.15, 0.2) is 71.6 Å². The third kappa shape index (κ3) is 2.86. The van der Waals surface area contributed by atoms with Gasteiger partial charge in [0.2, 0.25) is 5.91 Å². The second-order valence-corrected chi connectivity index (χ2v) is 9.16. The number of ketones is 2. The lowest BCUT2D eigenvalue weighted by atomic mass is 9.84. The third-order valence-corrected chi connectivity index (χ3v) is 7.20. The first-order chi connectivity index (χ1) is 15.3. The molecule has 0 radical (unpaired) electrons. The molecule has 8 nitrogen and oxygen atoms in total. The molecule has 1 aliphatic carbocycles. The van der Waals surface area contributed by atoms with Crippen molar-refractivity contribution >= 4 is 39.1 Å². The van der Waals surface area contributed by atoms with E-state index in [1.165, 1.54) is 36.4 Å². The number of hydrogen-bond donors (Lipinski definition) is 1. The van der Waals surface area contributed by atoms with Crippen LogP contribution >= 0.6 is 0 Å². The van der Waals surface area contributed by atoms with Crippen LogP contribution in [0.25, 0.3) is 0 Å². The first-order valence-corrected chi connectivity index (χ1v) is 11.0. The number of carbonyl (C=O) groups is 4. The zero-order valence-corrected chi connectivity index (χ0v) is 17.2. The summed E-state index contributed by atoms with van der Waals surface area (Å²) in [6, 6.07) is 16.5. The van der Waals surface area contributed by atoms with Crippen LogP contribution in [0, 0.1) is 0 Å². The number of amides is 2. The Kier molecular flexibility index (Phi) is 4.31. The molecule has 1 N–H and O–H groups in total. The summed E-state index contributed by atoms with van der Waals surface area (Å²) in [5, 5.41) is 2.50. The van der Waals surface area contributed by atoms with E-state index in [1.54, 1.807) is 30.3 Å². The topological polar surface area (TPSA) is 118 Å². The van der Waals surface area contributed by atoms with Crippen molar-refractivity contribution < 1.29 is 27.6 Å². The Morgan fingerprint density at radius 1 is 0.750 bits per heavy atom. The van der Waals surface area contributed by atoms with Crippen LogP contribution in [-0.4, -0.2) is 42.6 Å². The molecule has 3 aromatic carbocycles. The van der Waals surface area contributed by atoms with Gasteiger partial charge in [-0.2, -0.15) is 0 Å². The van der Waals surface area contributed by atoms with E-state index in [1.807, 2.05) is 0 Å². The second kappa shape index (κ2) is 6.96. The van der Waals surface area contributed by atoms with Crippen molar-refractivity contribution in [1.82, 2.24) is 4.31 Å². The second-order valence-electron chi connectivity index (χ2n) is 7.33. The summed E-state index contributed by atoms with van der Waals surface area (Å²) in [6.07, 6.45) is 0. The molecule has 0 bridgehead atoms. The number of hydrogen-bond acceptors (Lipinski definition) is 6. The van der Waals surface area contributed by atoms with E-state index in [0.29, 0.717) is 9.87 Å². The summed E-state index contributed by atoms with van der Waals surface area (Å²) in [6.45, 7) is -0.720. The molecule has 0 spiro atoms. The molecule has 2 aliphatic rings. The van der Waals surface area contributed by atoms with Gasteiger partial charge in [0.1, 0.15) is 11.4 Å². The summed E-state index contributed by atoms with van der Waals surface area (Å²) in [5.41, 5.74) is 1.18. The van der Waals surface area contributed by atoms with Gasteiger partial charge in [-0.3, -0.25) is 19.2 Å². The monoisotopic (exact) mass is 446 g/mol. The molecule has 0 fully saturated rings. The van der Waals surface area contributed by atoms with Crippen molar-refractivity contribution in [2.75, 3.05) is 11.9 Å². The van der Waals surface area contributed by atoms with Gasteiger partial charge in [-0.05, 0) is 30.3 Å². The van der Waals surface area contributed by atoms with Crippen LogP contribution in [0.2, 0.25) is 0 Å². The minimum Gasteiger partial charge on any atom is -0.324 e. The Hall–Kier alpha value is -4.11. The molecule has 0 atom stereocenters. The third-order valence-electron chi connectivity index (χ3n) is 5.41. The van der Waals surface area contributed by atoms with E-state index in [4.69, 9.17) is 0 Å². The first kappa shape index (κ1) is 19.8. The Labute approximate surface area is 182 Å². The van der Waals surface area contributed by atoms with E-state index < -0.39 is 28.4 Å². The van der Waals surface area contributed by atoms with Crippen LogP contribution in [0.3, 0.4) is 0 Å². The van der Waals surface area contributed by atoms with Crippen molar-refractivity contribution in [3.8, 4) is 0 Å². The Balaban J connectivity index is 1.39. The number of benzene rings is 3. The number of carbonyl (C=O) groups excluding carboxylic acids is 4. The van der Waals surface area contributed by atoms with Gasteiger partial charge in [-0.15, -0.1) is 0 Å². The Morgan fingerprint density at radius 2 is 1.31 bits per heavy atom. The Morgan fingerprint density at radius 3 is 1.97 bits per heavy atom. The quantitative estimate of drug-likeness (QED) is 0.516. The lowest BCUT2D eigenvalue weighted by Gasteiger charge is -2.19. The molecule has 5 rings (SSSR count). The fourth-order valence-corrected chi connectivity index (χ4v) is 5.42.